The summed E-state index contributed by atoms with van der Waals surface area (Å²) in [6.45, 7) is 5.84. The van der Waals surface area contributed by atoms with Gasteiger partial charge in [-0.15, -0.1) is 0 Å². The van der Waals surface area contributed by atoms with E-state index < -0.39 is 0 Å². The monoisotopic (exact) mass is 510 g/mol. The van der Waals surface area contributed by atoms with Gasteiger partial charge in [0.2, 0.25) is 0 Å². The molecule has 4 nitrogen and oxygen atoms in total. The van der Waals surface area contributed by atoms with Crippen molar-refractivity contribution in [2.75, 3.05) is 27.2 Å². The Balaban J connectivity index is 1.58. The molecule has 0 saturated carbocycles. The van der Waals surface area contributed by atoms with Crippen LogP contribution in [0.3, 0.4) is 0 Å². The third-order valence-electron chi connectivity index (χ3n) is 6.85. The van der Waals surface area contributed by atoms with Gasteiger partial charge in [0.25, 0.3) is 0 Å². The molecule has 206 valence electrons. The summed E-state index contributed by atoms with van der Waals surface area (Å²) in [6.07, 6.45) is 15.4. The van der Waals surface area contributed by atoms with Crippen LogP contribution in [0.2, 0.25) is 0 Å². The number of quaternary nitrogens is 1. The molecule has 0 amide bonds. The SMILES string of the molecule is CCCCCCCCCCCCc1cccc(OC(C)CCOC(=O)C[N+](C)(C)Cc2ccccc2)c1. The molecular weight excluding hydrogens is 458 g/mol. The lowest BCUT2D eigenvalue weighted by Gasteiger charge is -2.28. The number of likely N-dealkylation sites (N-methyl/N-ethyl adjacent to an activating group) is 1. The van der Waals surface area contributed by atoms with Crippen molar-refractivity contribution in [2.24, 2.45) is 0 Å². The molecule has 1 unspecified atom stereocenters. The largest absolute Gasteiger partial charge is 0.491 e. The highest BCUT2D eigenvalue weighted by Gasteiger charge is 2.22. The predicted molar refractivity (Wildman–Crippen MR) is 155 cm³/mol. The lowest BCUT2D eigenvalue weighted by molar-refractivity contribution is -0.896. The molecule has 0 aliphatic carbocycles. The lowest BCUT2D eigenvalue weighted by atomic mass is 10.0. The normalized spacial score (nSPS) is 12.3. The summed E-state index contributed by atoms with van der Waals surface area (Å²) < 4.78 is 12.2. The zero-order chi connectivity index (χ0) is 26.8. The average molecular weight is 511 g/mol. The lowest BCUT2D eigenvalue weighted by Crippen LogP contribution is -2.43. The molecule has 4 heteroatoms. The van der Waals surface area contributed by atoms with Gasteiger partial charge in [0.05, 0.1) is 26.8 Å². The van der Waals surface area contributed by atoms with Crippen molar-refractivity contribution in [3.8, 4) is 5.75 Å². The van der Waals surface area contributed by atoms with Gasteiger partial charge >= 0.3 is 5.97 Å². The number of carbonyl (C=O) groups is 1. The molecule has 0 spiro atoms. The Bertz CT molecular complexity index is 865. The summed E-state index contributed by atoms with van der Waals surface area (Å²) in [5.41, 5.74) is 2.56. The Labute approximate surface area is 227 Å². The zero-order valence-electron chi connectivity index (χ0n) is 24.1. The summed E-state index contributed by atoms with van der Waals surface area (Å²) in [6, 6.07) is 18.7. The molecule has 37 heavy (non-hydrogen) atoms. The molecule has 1 atom stereocenters. The summed E-state index contributed by atoms with van der Waals surface area (Å²) >= 11 is 0. The molecular formula is C33H52NO3+. The molecule has 0 aromatic heterocycles. The van der Waals surface area contributed by atoms with E-state index in [0.717, 1.165) is 18.7 Å². The maximum atomic E-state index is 12.4. The fourth-order valence-corrected chi connectivity index (χ4v) is 4.75. The highest BCUT2D eigenvalue weighted by Crippen LogP contribution is 2.19. The van der Waals surface area contributed by atoms with E-state index in [1.165, 1.54) is 75.3 Å². The van der Waals surface area contributed by atoms with Crippen LogP contribution in [-0.2, 0) is 22.5 Å². The van der Waals surface area contributed by atoms with E-state index in [9.17, 15) is 4.79 Å². The number of unbranched alkanes of at least 4 members (excludes halogenated alkanes) is 9. The second kappa shape index (κ2) is 18.0. The van der Waals surface area contributed by atoms with Crippen molar-refractivity contribution >= 4 is 5.97 Å². The van der Waals surface area contributed by atoms with E-state index >= 15 is 0 Å². The molecule has 2 aromatic carbocycles. The minimum atomic E-state index is -0.161. The Morgan fingerprint density at radius 1 is 0.811 bits per heavy atom. The van der Waals surface area contributed by atoms with Crippen molar-refractivity contribution < 1.29 is 18.8 Å². The number of esters is 1. The maximum Gasteiger partial charge on any atom is 0.361 e. The van der Waals surface area contributed by atoms with E-state index in [1.54, 1.807) is 0 Å². The molecule has 0 aliphatic heterocycles. The molecule has 2 aromatic rings. The van der Waals surface area contributed by atoms with Crippen LogP contribution >= 0.6 is 0 Å². The van der Waals surface area contributed by atoms with Gasteiger partial charge < -0.3 is 14.0 Å². The van der Waals surface area contributed by atoms with Gasteiger partial charge in [0.1, 0.15) is 12.3 Å². The van der Waals surface area contributed by atoms with Crippen LogP contribution in [-0.4, -0.2) is 43.8 Å². The smallest absolute Gasteiger partial charge is 0.361 e. The molecule has 0 radical (unpaired) electrons. The van der Waals surface area contributed by atoms with E-state index in [1.807, 2.05) is 31.2 Å². The predicted octanol–water partition coefficient (Wildman–Crippen LogP) is 8.13. The Kier molecular flexibility index (Phi) is 15.0. The molecule has 0 heterocycles. The minimum absolute atomic E-state index is 0.00723. The molecule has 0 saturated heterocycles. The summed E-state index contributed by atoms with van der Waals surface area (Å²) in [4.78, 5) is 12.4. The van der Waals surface area contributed by atoms with Gasteiger partial charge in [-0.2, -0.15) is 0 Å². The standard InChI is InChI=1S/C33H52NO3/c1-5-6-7-8-9-10-11-12-13-15-19-30-22-18-23-32(26-30)37-29(2)24-25-36-33(35)28-34(3,4)27-31-20-16-14-17-21-31/h14,16-18,20-23,26,29H,5-13,15,19,24-25,27-28H2,1-4H3/q+1. The highest BCUT2D eigenvalue weighted by molar-refractivity contribution is 5.70. The van der Waals surface area contributed by atoms with Crippen molar-refractivity contribution in [2.45, 2.75) is 104 Å². The van der Waals surface area contributed by atoms with E-state index in [0.29, 0.717) is 24.1 Å². The van der Waals surface area contributed by atoms with Crippen LogP contribution in [0, 0.1) is 0 Å². The van der Waals surface area contributed by atoms with Crippen molar-refractivity contribution in [3.05, 3.63) is 65.7 Å². The Morgan fingerprint density at radius 2 is 1.43 bits per heavy atom. The van der Waals surface area contributed by atoms with Gasteiger partial charge in [-0.25, -0.2) is 4.79 Å². The van der Waals surface area contributed by atoms with Crippen LogP contribution in [0.5, 0.6) is 5.75 Å². The Morgan fingerprint density at radius 3 is 2.11 bits per heavy atom. The third kappa shape index (κ3) is 14.9. The van der Waals surface area contributed by atoms with Gasteiger partial charge in [0, 0.05) is 12.0 Å². The first kappa shape index (κ1) is 30.9. The van der Waals surface area contributed by atoms with Crippen LogP contribution in [0.15, 0.2) is 54.6 Å². The second-order valence-electron chi connectivity index (χ2n) is 11.3. The van der Waals surface area contributed by atoms with Gasteiger partial charge in [-0.3, -0.25) is 0 Å². The number of hydrogen-bond donors (Lipinski definition) is 0. The number of rotatable bonds is 20. The number of carbonyl (C=O) groups excluding carboxylic acids is 1. The molecule has 0 aliphatic rings. The highest BCUT2D eigenvalue weighted by atomic mass is 16.5. The topological polar surface area (TPSA) is 35.5 Å². The van der Waals surface area contributed by atoms with Crippen molar-refractivity contribution in [3.63, 3.8) is 0 Å². The summed E-state index contributed by atoms with van der Waals surface area (Å²) in [5, 5.41) is 0. The fourth-order valence-electron chi connectivity index (χ4n) is 4.75. The van der Waals surface area contributed by atoms with Crippen LogP contribution < -0.4 is 4.74 Å². The van der Waals surface area contributed by atoms with Crippen LogP contribution in [0.25, 0.3) is 0 Å². The Hall–Kier alpha value is -2.33. The summed E-state index contributed by atoms with van der Waals surface area (Å²) in [5.74, 6) is 0.746. The quantitative estimate of drug-likeness (QED) is 0.102. The van der Waals surface area contributed by atoms with E-state index in [-0.39, 0.29) is 12.1 Å². The van der Waals surface area contributed by atoms with E-state index in [2.05, 4.69) is 51.4 Å². The first-order chi connectivity index (χ1) is 17.9. The number of benzene rings is 2. The first-order valence-electron chi connectivity index (χ1n) is 14.6. The maximum absolute atomic E-state index is 12.4. The first-order valence-corrected chi connectivity index (χ1v) is 14.6. The number of ether oxygens (including phenoxy) is 2. The van der Waals surface area contributed by atoms with E-state index in [4.69, 9.17) is 9.47 Å². The van der Waals surface area contributed by atoms with Crippen molar-refractivity contribution in [1.29, 1.82) is 0 Å². The summed E-state index contributed by atoms with van der Waals surface area (Å²) in [7, 11) is 4.12. The zero-order valence-corrected chi connectivity index (χ0v) is 24.1. The third-order valence-corrected chi connectivity index (χ3v) is 6.85. The fraction of sp³-hybridized carbons (Fsp3) is 0.606. The van der Waals surface area contributed by atoms with Gasteiger partial charge in [-0.1, -0.05) is 107 Å². The minimum Gasteiger partial charge on any atom is -0.491 e. The van der Waals surface area contributed by atoms with Gasteiger partial charge in [0.15, 0.2) is 6.54 Å². The average Bonchev–Trinajstić information content (AvgIpc) is 2.85. The molecule has 2 rings (SSSR count). The molecule has 0 fully saturated rings. The van der Waals surface area contributed by atoms with Crippen LogP contribution in [0.1, 0.15) is 95.6 Å². The number of hydrogen-bond acceptors (Lipinski definition) is 3. The molecule has 0 bridgehead atoms. The second-order valence-corrected chi connectivity index (χ2v) is 11.3. The number of nitrogens with zero attached hydrogens (tertiary/aromatic N) is 1. The van der Waals surface area contributed by atoms with Crippen molar-refractivity contribution in [1.82, 2.24) is 0 Å². The van der Waals surface area contributed by atoms with Crippen LogP contribution in [0.4, 0.5) is 0 Å². The van der Waals surface area contributed by atoms with Gasteiger partial charge in [-0.05, 0) is 37.5 Å². The molecule has 0 N–H and O–H groups in total. The number of aryl methyl sites for hydroxylation is 1.